The molecule has 0 radical (unpaired) electrons. The highest BCUT2D eigenvalue weighted by Gasteiger charge is 2.16. The zero-order valence-corrected chi connectivity index (χ0v) is 10.9. The lowest BCUT2D eigenvalue weighted by atomic mass is 10.1. The van der Waals surface area contributed by atoms with E-state index in [0.29, 0.717) is 17.9 Å². The summed E-state index contributed by atoms with van der Waals surface area (Å²) in [5.41, 5.74) is 0.657. The van der Waals surface area contributed by atoms with E-state index < -0.39 is 0 Å². The molecule has 3 nitrogen and oxygen atoms in total. The van der Waals surface area contributed by atoms with E-state index in [0.717, 1.165) is 19.4 Å². The van der Waals surface area contributed by atoms with E-state index in [1.807, 2.05) is 20.0 Å². The third-order valence-corrected chi connectivity index (χ3v) is 3.29. The van der Waals surface area contributed by atoms with E-state index in [1.165, 1.54) is 6.07 Å². The maximum atomic E-state index is 13.9. The molecule has 1 aliphatic rings. The lowest BCUT2D eigenvalue weighted by molar-refractivity contribution is 0.00730. The predicted octanol–water partition coefficient (Wildman–Crippen LogP) is 2.66. The van der Waals surface area contributed by atoms with Crippen molar-refractivity contribution in [1.29, 1.82) is 0 Å². The van der Waals surface area contributed by atoms with Crippen LogP contribution in [0.1, 0.15) is 31.4 Å². The van der Waals surface area contributed by atoms with Crippen LogP contribution in [-0.2, 0) is 4.74 Å². The van der Waals surface area contributed by atoms with Crippen molar-refractivity contribution in [2.45, 2.75) is 31.9 Å². The summed E-state index contributed by atoms with van der Waals surface area (Å²) in [5, 5.41) is 3.02. The molecule has 4 heteroatoms. The largest absolute Gasteiger partial charge is 0.488 e. The van der Waals surface area contributed by atoms with Gasteiger partial charge in [0.15, 0.2) is 0 Å². The molecule has 1 heterocycles. The van der Waals surface area contributed by atoms with E-state index in [-0.39, 0.29) is 18.0 Å². The Labute approximate surface area is 107 Å². The molecule has 1 aromatic rings. The first-order valence-electron chi connectivity index (χ1n) is 6.42. The van der Waals surface area contributed by atoms with Gasteiger partial charge in [0, 0.05) is 24.3 Å². The van der Waals surface area contributed by atoms with Crippen LogP contribution in [0.5, 0.6) is 5.75 Å². The molecule has 100 valence electrons. The molecular formula is C14H20FNO2. The van der Waals surface area contributed by atoms with Crippen molar-refractivity contribution in [3.63, 3.8) is 0 Å². The highest BCUT2D eigenvalue weighted by Crippen LogP contribution is 2.23. The number of hydrogen-bond acceptors (Lipinski definition) is 3. The van der Waals surface area contributed by atoms with Gasteiger partial charge in [0.05, 0.1) is 6.61 Å². The summed E-state index contributed by atoms with van der Waals surface area (Å²) in [4.78, 5) is 0. The summed E-state index contributed by atoms with van der Waals surface area (Å²) in [7, 11) is 1.81. The molecular weight excluding hydrogens is 233 g/mol. The van der Waals surface area contributed by atoms with Crippen molar-refractivity contribution >= 4 is 0 Å². The lowest BCUT2D eigenvalue weighted by Crippen LogP contribution is -2.28. The average Bonchev–Trinajstić information content (AvgIpc) is 2.39. The molecule has 2 rings (SSSR count). The van der Waals surface area contributed by atoms with Crippen molar-refractivity contribution in [1.82, 2.24) is 5.32 Å². The topological polar surface area (TPSA) is 30.5 Å². The lowest BCUT2D eigenvalue weighted by Gasteiger charge is -2.23. The second-order valence-electron chi connectivity index (χ2n) is 4.65. The molecule has 2 unspecified atom stereocenters. The van der Waals surface area contributed by atoms with E-state index in [9.17, 15) is 4.39 Å². The quantitative estimate of drug-likeness (QED) is 0.895. The standard InChI is InChI=1S/C14H20FNO2/c1-10(16-2)13-6-5-11(8-14(13)15)18-12-4-3-7-17-9-12/h5-6,8,10,12,16H,3-4,7,9H2,1-2H3. The molecule has 1 aliphatic heterocycles. The van der Waals surface area contributed by atoms with Crippen molar-refractivity contribution in [3.8, 4) is 5.75 Å². The Morgan fingerprint density at radius 3 is 2.94 bits per heavy atom. The van der Waals surface area contributed by atoms with Gasteiger partial charge in [-0.2, -0.15) is 0 Å². The van der Waals surface area contributed by atoms with Crippen molar-refractivity contribution in [2.24, 2.45) is 0 Å². The summed E-state index contributed by atoms with van der Waals surface area (Å²) < 4.78 is 24.9. The third-order valence-electron chi connectivity index (χ3n) is 3.29. The maximum Gasteiger partial charge on any atom is 0.131 e. The molecule has 0 saturated carbocycles. The van der Waals surface area contributed by atoms with E-state index >= 15 is 0 Å². The van der Waals surface area contributed by atoms with Crippen LogP contribution >= 0.6 is 0 Å². The van der Waals surface area contributed by atoms with Gasteiger partial charge in [-0.25, -0.2) is 4.39 Å². The van der Waals surface area contributed by atoms with Crippen molar-refractivity contribution < 1.29 is 13.9 Å². The highest BCUT2D eigenvalue weighted by molar-refractivity contribution is 5.30. The predicted molar refractivity (Wildman–Crippen MR) is 68.3 cm³/mol. The molecule has 0 aliphatic carbocycles. The number of rotatable bonds is 4. The van der Waals surface area contributed by atoms with Crippen LogP contribution in [0.3, 0.4) is 0 Å². The van der Waals surface area contributed by atoms with Gasteiger partial charge >= 0.3 is 0 Å². The van der Waals surface area contributed by atoms with Crippen molar-refractivity contribution in [2.75, 3.05) is 20.3 Å². The highest BCUT2D eigenvalue weighted by atomic mass is 19.1. The van der Waals surface area contributed by atoms with Crippen LogP contribution in [0.4, 0.5) is 4.39 Å². The van der Waals surface area contributed by atoms with Crippen LogP contribution < -0.4 is 10.1 Å². The first-order chi connectivity index (χ1) is 8.70. The Morgan fingerprint density at radius 2 is 2.33 bits per heavy atom. The van der Waals surface area contributed by atoms with Crippen LogP contribution in [0.25, 0.3) is 0 Å². The van der Waals surface area contributed by atoms with Crippen LogP contribution in [0, 0.1) is 5.82 Å². The van der Waals surface area contributed by atoms with E-state index in [1.54, 1.807) is 6.07 Å². The van der Waals surface area contributed by atoms with Crippen LogP contribution in [0.15, 0.2) is 18.2 Å². The zero-order valence-electron chi connectivity index (χ0n) is 10.9. The smallest absolute Gasteiger partial charge is 0.131 e. The molecule has 18 heavy (non-hydrogen) atoms. The molecule has 0 aromatic heterocycles. The summed E-state index contributed by atoms with van der Waals surface area (Å²) in [5.74, 6) is 0.348. The minimum Gasteiger partial charge on any atom is -0.488 e. The van der Waals surface area contributed by atoms with Gasteiger partial charge in [-0.05, 0) is 32.9 Å². The van der Waals surface area contributed by atoms with Gasteiger partial charge in [-0.1, -0.05) is 6.07 Å². The van der Waals surface area contributed by atoms with Crippen LogP contribution in [-0.4, -0.2) is 26.4 Å². The molecule has 1 saturated heterocycles. The van der Waals surface area contributed by atoms with Crippen molar-refractivity contribution in [3.05, 3.63) is 29.6 Å². The second kappa shape index (κ2) is 6.16. The third kappa shape index (κ3) is 3.21. The number of ether oxygens (including phenoxy) is 2. The van der Waals surface area contributed by atoms with Gasteiger partial charge in [0.25, 0.3) is 0 Å². The zero-order chi connectivity index (χ0) is 13.0. The first-order valence-corrected chi connectivity index (χ1v) is 6.42. The van der Waals surface area contributed by atoms with Gasteiger partial charge in [0.1, 0.15) is 17.7 Å². The number of benzene rings is 1. The fourth-order valence-electron chi connectivity index (χ4n) is 2.08. The van der Waals surface area contributed by atoms with E-state index in [2.05, 4.69) is 5.32 Å². The Kier molecular flexibility index (Phi) is 4.55. The maximum absolute atomic E-state index is 13.9. The summed E-state index contributed by atoms with van der Waals surface area (Å²) in [6.45, 7) is 3.32. The number of halogens is 1. The van der Waals surface area contributed by atoms with Gasteiger partial charge in [-0.3, -0.25) is 0 Å². The van der Waals surface area contributed by atoms with Crippen LogP contribution in [0.2, 0.25) is 0 Å². The van der Waals surface area contributed by atoms with E-state index in [4.69, 9.17) is 9.47 Å². The van der Waals surface area contributed by atoms with Gasteiger partial charge in [-0.15, -0.1) is 0 Å². The minimum absolute atomic E-state index is 0.00272. The van der Waals surface area contributed by atoms with Gasteiger partial charge < -0.3 is 14.8 Å². The molecule has 0 amide bonds. The Hall–Kier alpha value is -1.13. The van der Waals surface area contributed by atoms with Gasteiger partial charge in [0.2, 0.25) is 0 Å². The molecule has 1 fully saturated rings. The Morgan fingerprint density at radius 1 is 1.50 bits per heavy atom. The molecule has 2 atom stereocenters. The molecule has 0 spiro atoms. The monoisotopic (exact) mass is 253 g/mol. The molecule has 1 N–H and O–H groups in total. The second-order valence-corrected chi connectivity index (χ2v) is 4.65. The molecule has 0 bridgehead atoms. The number of nitrogens with one attached hydrogen (secondary N) is 1. The summed E-state index contributed by atoms with van der Waals surface area (Å²) in [6.07, 6.45) is 2.02. The summed E-state index contributed by atoms with van der Waals surface area (Å²) >= 11 is 0. The average molecular weight is 253 g/mol. The summed E-state index contributed by atoms with van der Waals surface area (Å²) in [6, 6.07) is 5.05. The first kappa shape index (κ1) is 13.3. The Bertz CT molecular complexity index is 391. The molecule has 1 aromatic carbocycles. The Balaban J connectivity index is 2.03. The normalized spacial score (nSPS) is 21.6. The fraction of sp³-hybridized carbons (Fsp3) is 0.571. The minimum atomic E-state index is -0.230. The SMILES string of the molecule is CNC(C)c1ccc(OC2CCCOC2)cc1F. The fourth-order valence-corrected chi connectivity index (χ4v) is 2.08. The number of hydrogen-bond donors (Lipinski definition) is 1.